The summed E-state index contributed by atoms with van der Waals surface area (Å²) in [6.07, 6.45) is 3.17. The Bertz CT molecular complexity index is 657. The molecule has 1 aromatic carbocycles. The minimum Gasteiger partial charge on any atom is -0.398 e. The summed E-state index contributed by atoms with van der Waals surface area (Å²) in [5, 5.41) is 7.56. The third kappa shape index (κ3) is 3.43. The van der Waals surface area contributed by atoms with E-state index < -0.39 is 10.0 Å². The summed E-state index contributed by atoms with van der Waals surface area (Å²) in [6, 6.07) is 4.17. The number of benzene rings is 1. The number of aromatic nitrogens is 3. The molecule has 0 aliphatic heterocycles. The van der Waals surface area contributed by atoms with Gasteiger partial charge in [0.1, 0.15) is 0 Å². The monoisotopic (exact) mass is 301 g/mol. The van der Waals surface area contributed by atoms with Gasteiger partial charge in [0.15, 0.2) is 0 Å². The van der Waals surface area contributed by atoms with Gasteiger partial charge in [-0.2, -0.15) is 0 Å². The predicted molar refractivity (Wildman–Crippen MR) is 71.1 cm³/mol. The summed E-state index contributed by atoms with van der Waals surface area (Å²) >= 11 is 5.80. The standard InChI is InChI=1S/C10H12ClN5O2S/c11-9-7-8(1-2-10(9)12)19(17,18)14-4-6-16-5-3-13-15-16/h1-3,5,7,14H,4,6,12H2. The Labute approximate surface area is 115 Å². The molecule has 9 heteroatoms. The first-order valence-corrected chi connectivity index (χ1v) is 7.24. The van der Waals surface area contributed by atoms with Crippen molar-refractivity contribution in [3.8, 4) is 0 Å². The average molecular weight is 302 g/mol. The molecule has 0 atom stereocenters. The SMILES string of the molecule is Nc1ccc(S(=O)(=O)NCCn2ccnn2)cc1Cl. The molecule has 0 bridgehead atoms. The van der Waals surface area contributed by atoms with E-state index in [0.29, 0.717) is 12.2 Å². The summed E-state index contributed by atoms with van der Waals surface area (Å²) < 4.78 is 27.9. The van der Waals surface area contributed by atoms with Gasteiger partial charge in [0.25, 0.3) is 0 Å². The molecular formula is C10H12ClN5O2S. The molecule has 2 rings (SSSR count). The minimum absolute atomic E-state index is 0.0743. The first-order chi connectivity index (χ1) is 8.99. The number of sulfonamides is 1. The van der Waals surface area contributed by atoms with Gasteiger partial charge in [-0.15, -0.1) is 5.10 Å². The molecule has 102 valence electrons. The van der Waals surface area contributed by atoms with Crippen LogP contribution in [-0.2, 0) is 16.6 Å². The van der Waals surface area contributed by atoms with E-state index in [9.17, 15) is 8.42 Å². The molecule has 0 saturated carbocycles. The van der Waals surface area contributed by atoms with Crippen LogP contribution in [0.15, 0.2) is 35.5 Å². The normalized spacial score (nSPS) is 11.6. The lowest BCUT2D eigenvalue weighted by Crippen LogP contribution is -2.27. The maximum absolute atomic E-state index is 12.0. The largest absolute Gasteiger partial charge is 0.398 e. The Morgan fingerprint density at radius 1 is 1.42 bits per heavy atom. The highest BCUT2D eigenvalue weighted by Crippen LogP contribution is 2.22. The molecule has 1 aromatic heterocycles. The molecule has 2 aromatic rings. The lowest BCUT2D eigenvalue weighted by atomic mass is 10.3. The van der Waals surface area contributed by atoms with E-state index >= 15 is 0 Å². The van der Waals surface area contributed by atoms with Crippen molar-refractivity contribution in [1.82, 2.24) is 19.7 Å². The van der Waals surface area contributed by atoms with Gasteiger partial charge in [-0.05, 0) is 18.2 Å². The van der Waals surface area contributed by atoms with Crippen LogP contribution in [0.25, 0.3) is 0 Å². The van der Waals surface area contributed by atoms with Gasteiger partial charge in [0, 0.05) is 12.7 Å². The van der Waals surface area contributed by atoms with Crippen LogP contribution in [0.5, 0.6) is 0 Å². The maximum atomic E-state index is 12.0. The number of anilines is 1. The Hall–Kier alpha value is -1.64. The first kappa shape index (κ1) is 13.8. The fourth-order valence-corrected chi connectivity index (χ4v) is 2.70. The van der Waals surface area contributed by atoms with Crippen molar-refractivity contribution in [2.24, 2.45) is 0 Å². The van der Waals surface area contributed by atoms with E-state index in [4.69, 9.17) is 17.3 Å². The fraction of sp³-hybridized carbons (Fsp3) is 0.200. The molecule has 0 unspecified atom stereocenters. The van der Waals surface area contributed by atoms with Gasteiger partial charge in [0.2, 0.25) is 10.0 Å². The lowest BCUT2D eigenvalue weighted by Gasteiger charge is -2.07. The molecule has 3 N–H and O–H groups in total. The highest BCUT2D eigenvalue weighted by Gasteiger charge is 2.14. The Morgan fingerprint density at radius 3 is 2.84 bits per heavy atom. The third-order valence-corrected chi connectivity index (χ3v) is 4.17. The van der Waals surface area contributed by atoms with Crippen molar-refractivity contribution in [1.29, 1.82) is 0 Å². The van der Waals surface area contributed by atoms with Crippen molar-refractivity contribution in [3.63, 3.8) is 0 Å². The average Bonchev–Trinajstić information content (AvgIpc) is 2.85. The number of nitrogens with zero attached hydrogens (tertiary/aromatic N) is 3. The van der Waals surface area contributed by atoms with Gasteiger partial charge in [-0.1, -0.05) is 16.8 Å². The first-order valence-electron chi connectivity index (χ1n) is 5.38. The van der Waals surface area contributed by atoms with Gasteiger partial charge < -0.3 is 5.73 Å². The molecule has 0 aliphatic rings. The van der Waals surface area contributed by atoms with E-state index in [0.717, 1.165) is 0 Å². The fourth-order valence-electron chi connectivity index (χ4n) is 1.40. The Kier molecular flexibility index (Phi) is 4.03. The minimum atomic E-state index is -3.60. The summed E-state index contributed by atoms with van der Waals surface area (Å²) in [4.78, 5) is 0.0743. The summed E-state index contributed by atoms with van der Waals surface area (Å²) in [5.74, 6) is 0. The maximum Gasteiger partial charge on any atom is 0.240 e. The van der Waals surface area contributed by atoms with Crippen LogP contribution < -0.4 is 10.5 Å². The molecule has 7 nitrogen and oxygen atoms in total. The predicted octanol–water partition coefficient (Wildman–Crippen LogP) is 0.492. The molecule has 0 amide bonds. The van der Waals surface area contributed by atoms with Gasteiger partial charge in [-0.25, -0.2) is 13.1 Å². The lowest BCUT2D eigenvalue weighted by molar-refractivity contribution is 0.553. The van der Waals surface area contributed by atoms with Crippen LogP contribution in [0.1, 0.15) is 0 Å². The highest BCUT2D eigenvalue weighted by molar-refractivity contribution is 7.89. The molecule has 0 radical (unpaired) electrons. The molecule has 0 spiro atoms. The van der Waals surface area contributed by atoms with Crippen molar-refractivity contribution in [2.75, 3.05) is 12.3 Å². The van der Waals surface area contributed by atoms with E-state index in [1.807, 2.05) is 0 Å². The van der Waals surface area contributed by atoms with Gasteiger partial charge in [0.05, 0.1) is 28.3 Å². The van der Waals surface area contributed by atoms with Crippen LogP contribution in [0.4, 0.5) is 5.69 Å². The zero-order chi connectivity index (χ0) is 13.9. The van der Waals surface area contributed by atoms with Crippen molar-refractivity contribution in [2.45, 2.75) is 11.4 Å². The molecule has 0 aliphatic carbocycles. The second kappa shape index (κ2) is 5.55. The van der Waals surface area contributed by atoms with Crippen LogP contribution in [0, 0.1) is 0 Å². The van der Waals surface area contributed by atoms with E-state index in [-0.39, 0.29) is 16.5 Å². The van der Waals surface area contributed by atoms with E-state index in [1.165, 1.54) is 29.1 Å². The molecule has 0 saturated heterocycles. The van der Waals surface area contributed by atoms with Crippen molar-refractivity contribution < 1.29 is 8.42 Å². The quantitative estimate of drug-likeness (QED) is 0.782. The summed E-state index contributed by atoms with van der Waals surface area (Å²) in [7, 11) is -3.60. The van der Waals surface area contributed by atoms with Gasteiger partial charge >= 0.3 is 0 Å². The second-order valence-corrected chi connectivity index (χ2v) is 5.92. The molecule has 19 heavy (non-hydrogen) atoms. The summed E-state index contributed by atoms with van der Waals surface area (Å²) in [5.41, 5.74) is 5.87. The smallest absolute Gasteiger partial charge is 0.240 e. The van der Waals surface area contributed by atoms with Crippen molar-refractivity contribution in [3.05, 3.63) is 35.6 Å². The highest BCUT2D eigenvalue weighted by atomic mass is 35.5. The van der Waals surface area contributed by atoms with Crippen LogP contribution in [0.2, 0.25) is 5.02 Å². The van der Waals surface area contributed by atoms with Crippen LogP contribution in [0.3, 0.4) is 0 Å². The van der Waals surface area contributed by atoms with Gasteiger partial charge in [-0.3, -0.25) is 4.68 Å². The zero-order valence-electron chi connectivity index (χ0n) is 9.82. The van der Waals surface area contributed by atoms with Crippen LogP contribution in [-0.4, -0.2) is 30.0 Å². The van der Waals surface area contributed by atoms with E-state index in [2.05, 4.69) is 15.0 Å². The van der Waals surface area contributed by atoms with Crippen molar-refractivity contribution >= 4 is 27.3 Å². The zero-order valence-corrected chi connectivity index (χ0v) is 11.4. The molecular weight excluding hydrogens is 290 g/mol. The third-order valence-electron chi connectivity index (χ3n) is 2.39. The number of nitrogen functional groups attached to an aromatic ring is 1. The summed E-state index contributed by atoms with van der Waals surface area (Å²) in [6.45, 7) is 0.593. The second-order valence-electron chi connectivity index (χ2n) is 3.75. The number of halogens is 1. The molecule has 0 fully saturated rings. The molecule has 1 heterocycles. The number of nitrogens with one attached hydrogen (secondary N) is 1. The number of nitrogens with two attached hydrogens (primary N) is 1. The Balaban J connectivity index is 2.03. The number of rotatable bonds is 5. The Morgan fingerprint density at radius 2 is 2.21 bits per heavy atom. The number of hydrogen-bond acceptors (Lipinski definition) is 5. The topological polar surface area (TPSA) is 103 Å². The van der Waals surface area contributed by atoms with E-state index in [1.54, 1.807) is 6.20 Å². The van der Waals surface area contributed by atoms with Crippen LogP contribution >= 0.6 is 11.6 Å². The number of hydrogen-bond donors (Lipinski definition) is 2.